The highest BCUT2D eigenvalue weighted by Crippen LogP contribution is 2.31. The molecule has 0 spiro atoms. The molecule has 0 aliphatic carbocycles. The van der Waals surface area contributed by atoms with Crippen LogP contribution >= 0.6 is 0 Å². The number of benzene rings is 2. The molecule has 0 atom stereocenters. The van der Waals surface area contributed by atoms with Gasteiger partial charge in [0.1, 0.15) is 6.54 Å². The van der Waals surface area contributed by atoms with E-state index < -0.39 is 11.7 Å². The number of hydrogen-bond acceptors (Lipinski definition) is 2. The van der Waals surface area contributed by atoms with E-state index in [-0.39, 0.29) is 5.56 Å². The van der Waals surface area contributed by atoms with Gasteiger partial charge in [0.2, 0.25) is 0 Å². The van der Waals surface area contributed by atoms with Crippen LogP contribution in [-0.4, -0.2) is 37.4 Å². The van der Waals surface area contributed by atoms with Crippen LogP contribution in [-0.2, 0) is 12.7 Å². The van der Waals surface area contributed by atoms with E-state index in [1.807, 2.05) is 23.2 Å². The minimum atomic E-state index is -4.36. The van der Waals surface area contributed by atoms with E-state index >= 15 is 0 Å². The van der Waals surface area contributed by atoms with Crippen molar-refractivity contribution in [2.24, 2.45) is 5.10 Å². The van der Waals surface area contributed by atoms with E-state index in [1.54, 1.807) is 6.07 Å². The molecule has 1 saturated heterocycles. The number of nitrogens with one attached hydrogen (secondary N) is 1. The minimum absolute atomic E-state index is 0.106. The average Bonchev–Trinajstić information content (AvgIpc) is 2.61. The maximum Gasteiger partial charge on any atom is 0.417 e. The molecule has 3 rings (SSSR count). The predicted molar refractivity (Wildman–Crippen MR) is 91.5 cm³/mol. The topological polar surface area (TPSA) is 20.0 Å². The maximum atomic E-state index is 13.0. The summed E-state index contributed by atoms with van der Waals surface area (Å²) in [7, 11) is 0. The molecule has 132 valence electrons. The Morgan fingerprint density at radius 2 is 1.60 bits per heavy atom. The Morgan fingerprint density at radius 3 is 2.28 bits per heavy atom. The summed E-state index contributed by atoms with van der Waals surface area (Å²) < 4.78 is 39.0. The first-order chi connectivity index (χ1) is 12.0. The van der Waals surface area contributed by atoms with Gasteiger partial charge in [-0.3, -0.25) is 5.01 Å². The lowest BCUT2D eigenvalue weighted by Crippen LogP contribution is -3.13. The zero-order valence-electron chi connectivity index (χ0n) is 13.8. The fraction of sp³-hybridized carbons (Fsp3) is 0.316. The Morgan fingerprint density at radius 1 is 0.960 bits per heavy atom. The molecule has 2 aromatic carbocycles. The summed E-state index contributed by atoms with van der Waals surface area (Å²) in [5, 5.41) is 6.11. The van der Waals surface area contributed by atoms with Gasteiger partial charge in [-0.15, -0.1) is 0 Å². The van der Waals surface area contributed by atoms with E-state index in [0.717, 1.165) is 38.8 Å². The number of alkyl halides is 3. The number of nitrogens with zero attached hydrogens (tertiary/aromatic N) is 2. The summed E-state index contributed by atoms with van der Waals surface area (Å²) in [6.45, 7) is 4.30. The van der Waals surface area contributed by atoms with Crippen LogP contribution in [0.4, 0.5) is 13.2 Å². The Balaban J connectivity index is 1.57. The summed E-state index contributed by atoms with van der Waals surface area (Å²) in [6, 6.07) is 15.8. The van der Waals surface area contributed by atoms with Crippen LogP contribution in [0.1, 0.15) is 16.7 Å². The van der Waals surface area contributed by atoms with Crippen molar-refractivity contribution in [2.45, 2.75) is 12.7 Å². The number of rotatable bonds is 4. The first-order valence-corrected chi connectivity index (χ1v) is 8.35. The van der Waals surface area contributed by atoms with Gasteiger partial charge >= 0.3 is 6.18 Å². The normalized spacial score (nSPS) is 16.5. The molecular formula is C19H21F3N3+. The summed E-state index contributed by atoms with van der Waals surface area (Å²) in [5.74, 6) is 0. The molecule has 0 bridgehead atoms. The summed E-state index contributed by atoms with van der Waals surface area (Å²) >= 11 is 0. The van der Waals surface area contributed by atoms with Gasteiger partial charge in [0.15, 0.2) is 0 Å². The van der Waals surface area contributed by atoms with Gasteiger partial charge in [-0.2, -0.15) is 18.3 Å². The van der Waals surface area contributed by atoms with Crippen LogP contribution in [0.15, 0.2) is 59.7 Å². The zero-order valence-corrected chi connectivity index (χ0v) is 13.8. The fourth-order valence-corrected chi connectivity index (χ4v) is 3.00. The van der Waals surface area contributed by atoms with Crippen molar-refractivity contribution in [3.8, 4) is 0 Å². The van der Waals surface area contributed by atoms with E-state index in [4.69, 9.17) is 0 Å². The predicted octanol–water partition coefficient (Wildman–Crippen LogP) is 2.44. The highest BCUT2D eigenvalue weighted by atomic mass is 19.4. The van der Waals surface area contributed by atoms with Crippen LogP contribution in [0.2, 0.25) is 0 Å². The van der Waals surface area contributed by atoms with E-state index in [9.17, 15) is 13.2 Å². The number of hydrogen-bond donors (Lipinski definition) is 1. The lowest BCUT2D eigenvalue weighted by Gasteiger charge is -2.30. The molecular weight excluding hydrogens is 327 g/mol. The van der Waals surface area contributed by atoms with Gasteiger partial charge in [0.05, 0.1) is 38.0 Å². The number of piperazine rings is 1. The minimum Gasteiger partial charge on any atom is -0.328 e. The Bertz CT molecular complexity index is 705. The average molecular weight is 348 g/mol. The molecule has 0 aromatic heterocycles. The van der Waals surface area contributed by atoms with Crippen molar-refractivity contribution in [1.29, 1.82) is 0 Å². The third-order valence-electron chi connectivity index (χ3n) is 4.37. The molecule has 1 aliphatic heterocycles. The standard InChI is InChI=1S/C19H20F3N3/c20-19(21,22)18-9-5-4-8-17(18)14-23-25-12-10-24(11-13-25)15-16-6-2-1-3-7-16/h1-9,14H,10-13,15H2/p+1. The van der Waals surface area contributed by atoms with E-state index in [0.29, 0.717) is 0 Å². The van der Waals surface area contributed by atoms with Crippen LogP contribution < -0.4 is 4.90 Å². The van der Waals surface area contributed by atoms with Gasteiger partial charge in [-0.05, 0) is 6.07 Å². The monoisotopic (exact) mass is 348 g/mol. The first-order valence-electron chi connectivity index (χ1n) is 8.35. The molecule has 6 heteroatoms. The van der Waals surface area contributed by atoms with Gasteiger partial charge in [-0.1, -0.05) is 48.5 Å². The van der Waals surface area contributed by atoms with Crippen molar-refractivity contribution in [3.05, 3.63) is 71.3 Å². The smallest absolute Gasteiger partial charge is 0.328 e. The largest absolute Gasteiger partial charge is 0.417 e. The molecule has 0 amide bonds. The second kappa shape index (κ2) is 7.70. The van der Waals surface area contributed by atoms with Gasteiger partial charge in [0, 0.05) is 11.1 Å². The number of hydrazone groups is 1. The molecule has 1 N–H and O–H groups in total. The molecule has 3 nitrogen and oxygen atoms in total. The molecule has 1 heterocycles. The van der Waals surface area contributed by atoms with Crippen molar-refractivity contribution in [2.75, 3.05) is 26.2 Å². The Kier molecular flexibility index (Phi) is 5.38. The van der Waals surface area contributed by atoms with Crippen molar-refractivity contribution >= 4 is 6.21 Å². The molecule has 25 heavy (non-hydrogen) atoms. The molecule has 1 fully saturated rings. The number of halogens is 3. The number of quaternary nitrogens is 1. The second-order valence-corrected chi connectivity index (χ2v) is 6.20. The first kappa shape index (κ1) is 17.5. The van der Waals surface area contributed by atoms with Crippen LogP contribution in [0.5, 0.6) is 0 Å². The summed E-state index contributed by atoms with van der Waals surface area (Å²) in [5.41, 5.74) is 0.759. The highest BCUT2D eigenvalue weighted by molar-refractivity contribution is 5.81. The van der Waals surface area contributed by atoms with E-state index in [2.05, 4.69) is 17.2 Å². The Hall–Kier alpha value is -2.34. The van der Waals surface area contributed by atoms with Crippen LogP contribution in [0.25, 0.3) is 0 Å². The lowest BCUT2D eigenvalue weighted by atomic mass is 10.1. The highest BCUT2D eigenvalue weighted by Gasteiger charge is 2.32. The third-order valence-corrected chi connectivity index (χ3v) is 4.37. The lowest BCUT2D eigenvalue weighted by molar-refractivity contribution is -0.918. The van der Waals surface area contributed by atoms with Crippen molar-refractivity contribution < 1.29 is 18.1 Å². The molecule has 0 saturated carbocycles. The molecule has 0 unspecified atom stereocenters. The quantitative estimate of drug-likeness (QED) is 0.842. The Labute approximate surface area is 145 Å². The zero-order chi connectivity index (χ0) is 17.7. The van der Waals surface area contributed by atoms with Crippen LogP contribution in [0, 0.1) is 0 Å². The molecule has 2 aromatic rings. The maximum absolute atomic E-state index is 13.0. The van der Waals surface area contributed by atoms with Crippen LogP contribution in [0.3, 0.4) is 0 Å². The molecule has 0 radical (unpaired) electrons. The van der Waals surface area contributed by atoms with Gasteiger partial charge in [-0.25, -0.2) is 0 Å². The van der Waals surface area contributed by atoms with Gasteiger partial charge in [0.25, 0.3) is 0 Å². The summed E-state index contributed by atoms with van der Waals surface area (Å²) in [6.07, 6.45) is -3.04. The SMILES string of the molecule is FC(F)(F)c1ccccc1C=NN1CC[NH+](Cc2ccccc2)CC1. The third kappa shape index (κ3) is 4.82. The van der Waals surface area contributed by atoms with E-state index in [1.165, 1.54) is 28.8 Å². The second-order valence-electron chi connectivity index (χ2n) is 6.20. The summed E-state index contributed by atoms with van der Waals surface area (Å²) in [4.78, 5) is 1.47. The van der Waals surface area contributed by atoms with Crippen molar-refractivity contribution in [1.82, 2.24) is 5.01 Å². The van der Waals surface area contributed by atoms with Crippen molar-refractivity contribution in [3.63, 3.8) is 0 Å². The van der Waals surface area contributed by atoms with Gasteiger partial charge < -0.3 is 4.90 Å². The molecule has 1 aliphatic rings. The fourth-order valence-electron chi connectivity index (χ4n) is 3.00.